The topological polar surface area (TPSA) is 104 Å². The van der Waals surface area contributed by atoms with Crippen LogP contribution in [-0.4, -0.2) is 84.6 Å². The summed E-state index contributed by atoms with van der Waals surface area (Å²) in [5, 5.41) is 5.89. The Hall–Kier alpha value is -3.09. The van der Waals surface area contributed by atoms with E-state index in [0.717, 1.165) is 79.4 Å². The van der Waals surface area contributed by atoms with Crippen molar-refractivity contribution < 1.29 is 17.6 Å². The summed E-state index contributed by atoms with van der Waals surface area (Å²) < 4.78 is 43.6. The number of halogens is 1. The monoisotopic (exact) mass is 583 g/mol. The Labute approximate surface area is 240 Å². The normalized spacial score (nSPS) is 19.6. The summed E-state index contributed by atoms with van der Waals surface area (Å²) in [5.74, 6) is -0.884. The summed E-state index contributed by atoms with van der Waals surface area (Å²) in [6, 6.07) is 8.30. The molecule has 1 aliphatic carbocycles. The summed E-state index contributed by atoms with van der Waals surface area (Å²) in [7, 11) is -1.30. The molecule has 2 aromatic heterocycles. The van der Waals surface area contributed by atoms with Crippen LogP contribution in [0.1, 0.15) is 73.5 Å². The number of amides is 1. The number of fused-ring (bicyclic) bond motifs is 1. The van der Waals surface area contributed by atoms with Gasteiger partial charge in [-0.05, 0) is 81.9 Å². The Morgan fingerprint density at radius 2 is 1.66 bits per heavy atom. The van der Waals surface area contributed by atoms with Gasteiger partial charge in [0.2, 0.25) is 0 Å². The molecule has 0 bridgehead atoms. The second-order valence-corrected chi connectivity index (χ2v) is 13.5. The van der Waals surface area contributed by atoms with Crippen molar-refractivity contribution in [2.24, 2.45) is 0 Å². The average Bonchev–Trinajstić information content (AvgIpc) is 3.31. The van der Waals surface area contributed by atoms with Gasteiger partial charge in [-0.15, -0.1) is 0 Å². The van der Waals surface area contributed by atoms with Crippen LogP contribution in [0.2, 0.25) is 0 Å². The van der Waals surface area contributed by atoms with Gasteiger partial charge in [-0.1, -0.05) is 12.8 Å². The van der Waals surface area contributed by atoms with Gasteiger partial charge in [-0.2, -0.15) is 17.8 Å². The summed E-state index contributed by atoms with van der Waals surface area (Å²) in [4.78, 5) is 22.9. The number of carbonyl (C=O) groups excluding carboxylic acids is 1. The largest absolute Gasteiger partial charge is 0.371 e. The quantitative estimate of drug-likeness (QED) is 0.451. The zero-order chi connectivity index (χ0) is 28.7. The molecule has 1 N–H and O–H groups in total. The van der Waals surface area contributed by atoms with Crippen LogP contribution in [0.5, 0.6) is 0 Å². The highest BCUT2D eigenvalue weighted by molar-refractivity contribution is 7.87. The number of nitrogens with one attached hydrogen (secondary N) is 1. The van der Waals surface area contributed by atoms with Crippen molar-refractivity contribution in [3.05, 3.63) is 47.5 Å². The summed E-state index contributed by atoms with van der Waals surface area (Å²) >= 11 is 0. The minimum absolute atomic E-state index is 0.000463. The van der Waals surface area contributed by atoms with Gasteiger partial charge in [0.1, 0.15) is 11.5 Å². The number of hydrogen-bond donors (Lipinski definition) is 1. The molecule has 220 valence electrons. The molecule has 0 unspecified atom stereocenters. The Balaban J connectivity index is 1.44. The number of rotatable bonds is 7. The SMILES string of the molecule is CN(C)S(=O)(=O)NC(=O)c1cc(N2CCC(N3CCCCC3)CC2)c2c(C3CCC3)nn(-c3ccc(F)cc3)c2n1. The zero-order valence-electron chi connectivity index (χ0n) is 23.7. The molecule has 2 aliphatic heterocycles. The van der Waals surface area contributed by atoms with Crippen LogP contribution in [0.25, 0.3) is 16.7 Å². The first-order chi connectivity index (χ1) is 19.7. The van der Waals surface area contributed by atoms with Gasteiger partial charge in [0.25, 0.3) is 5.91 Å². The molecule has 1 saturated carbocycles. The van der Waals surface area contributed by atoms with Gasteiger partial charge < -0.3 is 9.80 Å². The number of aromatic nitrogens is 3. The lowest BCUT2D eigenvalue weighted by Crippen LogP contribution is -2.47. The van der Waals surface area contributed by atoms with Crippen molar-refractivity contribution in [2.45, 2.75) is 63.3 Å². The van der Waals surface area contributed by atoms with Crippen LogP contribution in [0, 0.1) is 5.82 Å². The molecule has 41 heavy (non-hydrogen) atoms. The van der Waals surface area contributed by atoms with E-state index in [4.69, 9.17) is 10.1 Å². The zero-order valence-corrected chi connectivity index (χ0v) is 24.5. The second-order valence-electron chi connectivity index (χ2n) is 11.7. The van der Waals surface area contributed by atoms with E-state index in [1.54, 1.807) is 22.9 Å². The van der Waals surface area contributed by atoms with E-state index in [-0.39, 0.29) is 17.4 Å². The minimum atomic E-state index is -4.02. The first kappa shape index (κ1) is 28.0. The van der Waals surface area contributed by atoms with E-state index in [1.807, 2.05) is 0 Å². The standard InChI is InChI=1S/C29H38FN7O3S/c1-34(2)41(39,40)33-29(38)24-19-25(36-17-13-22(14-18-36)35-15-4-3-5-16-35)26-27(20-7-6-8-20)32-37(28(26)31-24)23-11-9-21(30)10-12-23/h9-12,19-20,22H,3-8,13-18H2,1-2H3,(H,33,38). The average molecular weight is 584 g/mol. The van der Waals surface area contributed by atoms with Gasteiger partial charge in [-0.25, -0.2) is 18.8 Å². The highest BCUT2D eigenvalue weighted by Crippen LogP contribution is 2.43. The Kier molecular flexibility index (Phi) is 7.73. The lowest BCUT2D eigenvalue weighted by Gasteiger charge is -2.41. The van der Waals surface area contributed by atoms with Gasteiger partial charge in [0.15, 0.2) is 5.65 Å². The van der Waals surface area contributed by atoms with E-state index >= 15 is 0 Å². The third kappa shape index (κ3) is 5.56. The summed E-state index contributed by atoms with van der Waals surface area (Å²) in [6.07, 6.45) is 9.03. The van der Waals surface area contributed by atoms with Gasteiger partial charge in [0.05, 0.1) is 22.5 Å². The van der Waals surface area contributed by atoms with Crippen molar-refractivity contribution in [3.8, 4) is 5.69 Å². The van der Waals surface area contributed by atoms with E-state index in [1.165, 1.54) is 45.5 Å². The fraction of sp³-hybridized carbons (Fsp3) is 0.552. The van der Waals surface area contributed by atoms with Crippen molar-refractivity contribution in [2.75, 3.05) is 45.2 Å². The first-order valence-electron chi connectivity index (χ1n) is 14.6. The van der Waals surface area contributed by atoms with E-state index in [2.05, 4.69) is 14.5 Å². The Morgan fingerprint density at radius 1 is 0.976 bits per heavy atom. The molecule has 2 saturated heterocycles. The van der Waals surface area contributed by atoms with Crippen LogP contribution >= 0.6 is 0 Å². The minimum Gasteiger partial charge on any atom is -0.371 e. The van der Waals surface area contributed by atoms with Crippen LogP contribution in [0.15, 0.2) is 30.3 Å². The van der Waals surface area contributed by atoms with Crippen molar-refractivity contribution in [1.82, 2.24) is 28.7 Å². The van der Waals surface area contributed by atoms with E-state index < -0.39 is 16.1 Å². The van der Waals surface area contributed by atoms with Crippen LogP contribution in [-0.2, 0) is 10.2 Å². The number of hydrogen-bond acceptors (Lipinski definition) is 7. The van der Waals surface area contributed by atoms with E-state index in [9.17, 15) is 17.6 Å². The maximum Gasteiger partial charge on any atom is 0.303 e. The third-order valence-electron chi connectivity index (χ3n) is 8.85. The van der Waals surface area contributed by atoms with Crippen molar-refractivity contribution in [1.29, 1.82) is 0 Å². The predicted molar refractivity (Wildman–Crippen MR) is 156 cm³/mol. The lowest BCUT2D eigenvalue weighted by molar-refractivity contribution is 0.0975. The molecule has 3 aromatic rings. The van der Waals surface area contributed by atoms with Crippen LogP contribution in [0.3, 0.4) is 0 Å². The number of benzene rings is 1. The molecule has 0 radical (unpaired) electrons. The molecule has 1 amide bonds. The lowest BCUT2D eigenvalue weighted by atomic mass is 9.82. The molecular weight excluding hydrogens is 545 g/mol. The fourth-order valence-electron chi connectivity index (χ4n) is 6.23. The number of nitrogens with zero attached hydrogens (tertiary/aromatic N) is 6. The van der Waals surface area contributed by atoms with Crippen molar-refractivity contribution in [3.63, 3.8) is 0 Å². The number of piperidine rings is 2. The Bertz CT molecular complexity index is 1520. The number of carbonyl (C=O) groups is 1. The van der Waals surface area contributed by atoms with Gasteiger partial charge >= 0.3 is 10.2 Å². The molecule has 0 atom stereocenters. The fourth-order valence-corrected chi connectivity index (χ4v) is 6.76. The summed E-state index contributed by atoms with van der Waals surface area (Å²) in [5.41, 5.74) is 2.89. The molecule has 10 nitrogen and oxygen atoms in total. The van der Waals surface area contributed by atoms with Gasteiger partial charge in [-0.3, -0.25) is 4.79 Å². The number of anilines is 1. The highest BCUT2D eigenvalue weighted by atomic mass is 32.2. The van der Waals surface area contributed by atoms with E-state index in [0.29, 0.717) is 17.4 Å². The summed E-state index contributed by atoms with van der Waals surface area (Å²) in [6.45, 7) is 3.96. The molecule has 6 rings (SSSR count). The molecule has 12 heteroatoms. The predicted octanol–water partition coefficient (Wildman–Crippen LogP) is 3.82. The van der Waals surface area contributed by atoms with Crippen LogP contribution in [0.4, 0.5) is 10.1 Å². The molecule has 0 spiro atoms. The van der Waals surface area contributed by atoms with Crippen molar-refractivity contribution >= 4 is 32.8 Å². The maximum absolute atomic E-state index is 13.8. The number of pyridine rings is 1. The molecule has 3 fully saturated rings. The smallest absolute Gasteiger partial charge is 0.303 e. The third-order valence-corrected chi connectivity index (χ3v) is 10.3. The molecule has 3 aliphatic rings. The van der Waals surface area contributed by atoms with Gasteiger partial charge in [0, 0.05) is 39.1 Å². The molecule has 1 aromatic carbocycles. The highest BCUT2D eigenvalue weighted by Gasteiger charge is 2.33. The molecule has 4 heterocycles. The Morgan fingerprint density at radius 3 is 2.27 bits per heavy atom. The van der Waals surface area contributed by atoms with Crippen LogP contribution < -0.4 is 9.62 Å². The second kappa shape index (κ2) is 11.3. The first-order valence-corrected chi connectivity index (χ1v) is 16.1. The molecular formula is C29H38FN7O3S. The number of likely N-dealkylation sites (tertiary alicyclic amines) is 1. The maximum atomic E-state index is 13.8.